The second-order valence-corrected chi connectivity index (χ2v) is 11.1. The third-order valence-corrected chi connectivity index (χ3v) is 8.04. The normalized spacial score (nSPS) is 19.5. The Labute approximate surface area is 174 Å². The van der Waals surface area contributed by atoms with Gasteiger partial charge in [-0.2, -0.15) is 0 Å². The van der Waals surface area contributed by atoms with Crippen LogP contribution in [0.2, 0.25) is 5.02 Å². The van der Waals surface area contributed by atoms with Crippen LogP contribution in [-0.2, 0) is 28.1 Å². The number of thioether (sulfide) groups is 1. The molecular formula is C18H23ClN4O3S2. The Morgan fingerprint density at radius 3 is 2.86 bits per heavy atom. The molecule has 0 radical (unpaired) electrons. The number of halogens is 1. The zero-order valence-electron chi connectivity index (χ0n) is 16.0. The smallest absolute Gasteiger partial charge is 0.237 e. The molecular weight excluding hydrogens is 420 g/mol. The Morgan fingerprint density at radius 2 is 2.18 bits per heavy atom. The molecule has 2 atom stereocenters. The number of aryl methyl sites for hydroxylation is 1. The van der Waals surface area contributed by atoms with Crippen molar-refractivity contribution in [2.45, 2.75) is 37.1 Å². The zero-order chi connectivity index (χ0) is 20.5. The first kappa shape index (κ1) is 21.1. The van der Waals surface area contributed by atoms with E-state index in [1.165, 1.54) is 11.8 Å². The minimum Gasteiger partial charge on any atom is -0.325 e. The second kappa shape index (κ2) is 8.42. The summed E-state index contributed by atoms with van der Waals surface area (Å²) in [5.74, 6) is 1.12. The van der Waals surface area contributed by atoms with Crippen molar-refractivity contribution in [3.8, 4) is 0 Å². The highest BCUT2D eigenvalue weighted by atomic mass is 35.5. The average molecular weight is 443 g/mol. The van der Waals surface area contributed by atoms with E-state index < -0.39 is 9.84 Å². The molecule has 2 unspecified atom stereocenters. The Bertz CT molecular complexity index is 991. The predicted octanol–water partition coefficient (Wildman–Crippen LogP) is 2.87. The van der Waals surface area contributed by atoms with E-state index in [0.717, 1.165) is 11.4 Å². The molecule has 1 fully saturated rings. The van der Waals surface area contributed by atoms with Crippen molar-refractivity contribution < 1.29 is 13.2 Å². The number of hydrogen-bond acceptors (Lipinski definition) is 6. The number of sulfone groups is 1. The molecule has 0 aliphatic carbocycles. The quantitative estimate of drug-likeness (QED) is 0.691. The molecule has 152 valence electrons. The lowest BCUT2D eigenvalue weighted by Crippen LogP contribution is -2.23. The van der Waals surface area contributed by atoms with Crippen LogP contribution in [0, 0.1) is 12.8 Å². The highest BCUT2D eigenvalue weighted by molar-refractivity contribution is 8.00. The number of amides is 1. The summed E-state index contributed by atoms with van der Waals surface area (Å²) in [6, 6.07) is 5.36. The van der Waals surface area contributed by atoms with E-state index in [-0.39, 0.29) is 28.6 Å². The van der Waals surface area contributed by atoms with Gasteiger partial charge in [0.05, 0.1) is 16.8 Å². The van der Waals surface area contributed by atoms with Gasteiger partial charge in [-0.15, -0.1) is 10.2 Å². The first-order valence-electron chi connectivity index (χ1n) is 8.97. The Hall–Kier alpha value is -1.58. The topological polar surface area (TPSA) is 94.0 Å². The van der Waals surface area contributed by atoms with Gasteiger partial charge in [-0.1, -0.05) is 29.4 Å². The number of nitrogens with zero attached hydrogens (tertiary/aromatic N) is 3. The van der Waals surface area contributed by atoms with Crippen LogP contribution in [0.15, 0.2) is 23.4 Å². The van der Waals surface area contributed by atoms with E-state index in [2.05, 4.69) is 15.5 Å². The zero-order valence-corrected chi connectivity index (χ0v) is 18.4. The first-order chi connectivity index (χ1) is 13.1. The van der Waals surface area contributed by atoms with Crippen molar-refractivity contribution in [2.75, 3.05) is 16.8 Å². The molecule has 10 heteroatoms. The van der Waals surface area contributed by atoms with Gasteiger partial charge in [0.25, 0.3) is 0 Å². The number of aromatic nitrogens is 3. The molecule has 1 aliphatic rings. The summed E-state index contributed by atoms with van der Waals surface area (Å²) >= 11 is 7.32. The molecule has 1 aromatic carbocycles. The van der Waals surface area contributed by atoms with E-state index in [9.17, 15) is 13.2 Å². The third kappa shape index (κ3) is 5.07. The van der Waals surface area contributed by atoms with Crippen LogP contribution >= 0.6 is 23.4 Å². The minimum absolute atomic E-state index is 0.0808. The second-order valence-electron chi connectivity index (χ2n) is 7.14. The van der Waals surface area contributed by atoms with Gasteiger partial charge in [-0.25, -0.2) is 8.42 Å². The van der Waals surface area contributed by atoms with E-state index in [4.69, 9.17) is 11.6 Å². The molecule has 2 aromatic rings. The van der Waals surface area contributed by atoms with Crippen LogP contribution in [0.1, 0.15) is 24.7 Å². The number of rotatable bonds is 6. The number of hydrogen-bond donors (Lipinski definition) is 1. The van der Waals surface area contributed by atoms with E-state index in [1.54, 1.807) is 19.1 Å². The largest absolute Gasteiger partial charge is 0.325 e. The maximum Gasteiger partial charge on any atom is 0.237 e. The van der Waals surface area contributed by atoms with Gasteiger partial charge in [-0.3, -0.25) is 4.79 Å². The van der Waals surface area contributed by atoms with Crippen molar-refractivity contribution in [3.05, 3.63) is 34.6 Å². The molecule has 0 bridgehead atoms. The maximum atomic E-state index is 12.5. The lowest BCUT2D eigenvalue weighted by molar-refractivity contribution is -0.115. The fraction of sp³-hybridized carbons (Fsp3) is 0.500. The van der Waals surface area contributed by atoms with Crippen molar-refractivity contribution in [1.82, 2.24) is 14.8 Å². The molecule has 0 spiro atoms. The SMILES string of the molecule is Cc1ccc(Cl)cc1NC(=O)C(C)Sc1nnc(CC2CCS(=O)(=O)C2)n1C. The van der Waals surface area contributed by atoms with Crippen LogP contribution in [0.3, 0.4) is 0 Å². The third-order valence-electron chi connectivity index (χ3n) is 4.83. The Balaban J connectivity index is 1.62. The predicted molar refractivity (Wildman–Crippen MR) is 112 cm³/mol. The summed E-state index contributed by atoms with van der Waals surface area (Å²) in [4.78, 5) is 12.5. The molecule has 28 heavy (non-hydrogen) atoms. The highest BCUT2D eigenvalue weighted by Crippen LogP contribution is 2.27. The molecule has 1 N–H and O–H groups in total. The van der Waals surface area contributed by atoms with E-state index in [1.807, 2.05) is 24.6 Å². The van der Waals surface area contributed by atoms with Crippen LogP contribution in [0.25, 0.3) is 0 Å². The number of anilines is 1. The van der Waals surface area contributed by atoms with Crippen molar-refractivity contribution in [3.63, 3.8) is 0 Å². The fourth-order valence-electron chi connectivity index (χ4n) is 3.09. The van der Waals surface area contributed by atoms with Crippen molar-refractivity contribution in [2.24, 2.45) is 13.0 Å². The van der Waals surface area contributed by atoms with Crippen LogP contribution in [0.4, 0.5) is 5.69 Å². The average Bonchev–Trinajstić information content (AvgIpc) is 3.14. The molecule has 1 saturated heterocycles. The summed E-state index contributed by atoms with van der Waals surface area (Å²) in [6.45, 7) is 3.71. The lowest BCUT2D eigenvalue weighted by Gasteiger charge is -2.13. The Kier molecular flexibility index (Phi) is 6.36. The number of carbonyl (C=O) groups is 1. The van der Waals surface area contributed by atoms with Crippen LogP contribution in [0.5, 0.6) is 0 Å². The first-order valence-corrected chi connectivity index (χ1v) is 12.0. The number of nitrogens with one attached hydrogen (secondary N) is 1. The fourth-order valence-corrected chi connectivity index (χ4v) is 5.96. The molecule has 2 heterocycles. The van der Waals surface area contributed by atoms with Crippen LogP contribution in [-0.4, -0.2) is 45.8 Å². The monoisotopic (exact) mass is 442 g/mol. The highest BCUT2D eigenvalue weighted by Gasteiger charge is 2.29. The summed E-state index contributed by atoms with van der Waals surface area (Å²) in [5, 5.41) is 12.1. The summed E-state index contributed by atoms with van der Waals surface area (Å²) in [5.41, 5.74) is 1.62. The van der Waals surface area contributed by atoms with Gasteiger partial charge in [0.1, 0.15) is 5.82 Å². The van der Waals surface area contributed by atoms with Gasteiger partial charge < -0.3 is 9.88 Å². The van der Waals surface area contributed by atoms with E-state index in [0.29, 0.717) is 28.7 Å². The molecule has 3 rings (SSSR count). The molecule has 7 nitrogen and oxygen atoms in total. The van der Waals surface area contributed by atoms with Gasteiger partial charge in [0, 0.05) is 24.2 Å². The molecule has 1 amide bonds. The summed E-state index contributed by atoms with van der Waals surface area (Å²) < 4.78 is 25.1. The molecule has 1 aliphatic heterocycles. The summed E-state index contributed by atoms with van der Waals surface area (Å²) in [7, 11) is -1.07. The van der Waals surface area contributed by atoms with Gasteiger partial charge in [0.2, 0.25) is 5.91 Å². The Morgan fingerprint density at radius 1 is 1.43 bits per heavy atom. The van der Waals surface area contributed by atoms with Crippen molar-refractivity contribution in [1.29, 1.82) is 0 Å². The van der Waals surface area contributed by atoms with Gasteiger partial charge in [-0.05, 0) is 43.9 Å². The number of carbonyl (C=O) groups excluding carboxylic acids is 1. The maximum absolute atomic E-state index is 12.5. The molecule has 0 saturated carbocycles. The standard InChI is InChI=1S/C18H23ClN4O3S2/c1-11-4-5-14(19)9-15(11)20-17(24)12(2)27-18-22-21-16(23(18)3)8-13-6-7-28(25,26)10-13/h4-5,9,12-13H,6-8,10H2,1-3H3,(H,20,24). The minimum atomic E-state index is -2.91. The van der Waals surface area contributed by atoms with Crippen LogP contribution < -0.4 is 5.32 Å². The van der Waals surface area contributed by atoms with E-state index >= 15 is 0 Å². The lowest BCUT2D eigenvalue weighted by atomic mass is 10.1. The van der Waals surface area contributed by atoms with Gasteiger partial charge >= 0.3 is 0 Å². The van der Waals surface area contributed by atoms with Crippen molar-refractivity contribution >= 4 is 44.8 Å². The van der Waals surface area contributed by atoms with Gasteiger partial charge in [0.15, 0.2) is 15.0 Å². The molecule has 1 aromatic heterocycles. The summed E-state index contributed by atoms with van der Waals surface area (Å²) in [6.07, 6.45) is 1.24. The number of benzene rings is 1.